The van der Waals surface area contributed by atoms with Crippen LogP contribution in [0.5, 0.6) is 0 Å². The maximum atomic E-state index is 10.3. The van der Waals surface area contributed by atoms with Gasteiger partial charge in [-0.25, -0.2) is 9.59 Å². The summed E-state index contributed by atoms with van der Waals surface area (Å²) in [6.45, 7) is 0. The van der Waals surface area contributed by atoms with Crippen molar-refractivity contribution in [3.05, 3.63) is 35.4 Å². The van der Waals surface area contributed by atoms with Crippen molar-refractivity contribution < 1.29 is 48.7 Å². The number of aromatic carboxylic acids is 2. The quantitative estimate of drug-likeness (QED) is 0.876. The minimum absolute atomic E-state index is 0.0833. The third-order valence-corrected chi connectivity index (χ3v) is 1.38. The van der Waals surface area contributed by atoms with Crippen LogP contribution in [0.25, 0.3) is 0 Å². The van der Waals surface area contributed by atoms with Crippen LogP contribution in [0, 0.1) is 0 Å². The molecule has 0 heterocycles. The first kappa shape index (κ1) is 15.5. The van der Waals surface area contributed by atoms with Gasteiger partial charge in [0, 0.05) is 0 Å². The Bertz CT molecular complexity index is 361. The van der Waals surface area contributed by atoms with Gasteiger partial charge >= 0.3 is 46.0 Å². The molecular weight excluding hydrogens is 288 g/mol. The fourth-order valence-electron chi connectivity index (χ4n) is 0.755. The first-order valence-corrected chi connectivity index (χ1v) is 4.43. The molecule has 0 amide bonds. The van der Waals surface area contributed by atoms with Gasteiger partial charge in [-0.3, -0.25) is 0 Å². The molecule has 1 aromatic rings. The van der Waals surface area contributed by atoms with Gasteiger partial charge in [0.05, 0.1) is 11.1 Å². The van der Waals surface area contributed by atoms with Crippen LogP contribution < -0.4 is 0 Å². The largest absolute Gasteiger partial charge is 0.478 e. The average Bonchev–Trinajstić information content (AvgIpc) is 2.15. The monoisotopic (exact) mass is 294 g/mol. The molecule has 1 aromatic carbocycles. The molecule has 0 spiro atoms. The van der Waals surface area contributed by atoms with Gasteiger partial charge in [0.25, 0.3) is 0 Å². The van der Waals surface area contributed by atoms with Crippen molar-refractivity contribution in [2.45, 2.75) is 5.11 Å². The predicted molar refractivity (Wildman–Crippen MR) is 46.4 cm³/mol. The zero-order valence-electron chi connectivity index (χ0n) is 7.99. The molecule has 0 fully saturated rings. The number of carboxylic acid groups (broad SMARTS) is 2. The number of carboxylic acids is 2. The number of rotatable bonds is 2. The summed E-state index contributed by atoms with van der Waals surface area (Å²) in [5.74, 6) is -2.13. The maximum absolute atomic E-state index is 10.3. The second-order valence-corrected chi connectivity index (χ2v) is 3.18. The first-order chi connectivity index (χ1) is 7.61. The van der Waals surface area contributed by atoms with E-state index in [1.54, 1.807) is 0 Å². The van der Waals surface area contributed by atoms with Crippen molar-refractivity contribution in [3.63, 3.8) is 0 Å². The Balaban J connectivity index is 0.000000437. The van der Waals surface area contributed by atoms with Crippen LogP contribution in [0.3, 0.4) is 0 Å². The molecule has 0 saturated heterocycles. The fraction of sp³-hybridized carbons (Fsp3) is 0.111. The van der Waals surface area contributed by atoms with Gasteiger partial charge in [-0.05, 0) is 24.3 Å². The molecule has 0 radical (unpaired) electrons. The molecule has 4 nitrogen and oxygen atoms in total. The van der Waals surface area contributed by atoms with E-state index in [0.29, 0.717) is 0 Å². The average molecular weight is 294 g/mol. The third kappa shape index (κ3) is 8.28. The van der Waals surface area contributed by atoms with Gasteiger partial charge in [0.1, 0.15) is 0 Å². The minimum atomic E-state index is -4.31. The Morgan fingerprint density at radius 1 is 0.941 bits per heavy atom. The van der Waals surface area contributed by atoms with E-state index in [1.807, 2.05) is 0 Å². The van der Waals surface area contributed by atoms with Gasteiger partial charge in [0.2, 0.25) is 0 Å². The molecule has 2 N–H and O–H groups in total. The Kier molecular flexibility index (Phi) is 5.69. The summed E-state index contributed by atoms with van der Waals surface area (Å²) in [7, 11) is 0. The van der Waals surface area contributed by atoms with Gasteiger partial charge in [0.15, 0.2) is 0 Å². The molecule has 0 saturated carbocycles. The molecule has 1 rings (SSSR count). The van der Waals surface area contributed by atoms with Gasteiger partial charge in [-0.2, -0.15) is 0 Å². The number of halogens is 3. The normalized spacial score (nSPS) is 10.2. The van der Waals surface area contributed by atoms with Gasteiger partial charge < -0.3 is 10.2 Å². The minimum Gasteiger partial charge on any atom is -0.478 e. The van der Waals surface area contributed by atoms with Crippen molar-refractivity contribution >= 4 is 11.9 Å². The maximum Gasteiger partial charge on any atom is 0.335 e. The molecule has 0 aliphatic heterocycles. The summed E-state index contributed by atoms with van der Waals surface area (Å²) in [5.41, 5.74) is 0.167. The van der Waals surface area contributed by atoms with E-state index >= 15 is 0 Å². The van der Waals surface area contributed by atoms with Crippen LogP contribution in [0.1, 0.15) is 20.7 Å². The van der Waals surface area contributed by atoms with Crippen LogP contribution in [0.2, 0.25) is 0 Å². The molecule has 0 aliphatic carbocycles. The summed E-state index contributed by atoms with van der Waals surface area (Å²) in [6, 6.07) is 5.02. The van der Waals surface area contributed by atoms with E-state index in [4.69, 9.17) is 10.2 Å². The van der Waals surface area contributed by atoms with Crippen LogP contribution in [0.4, 0.5) is 13.2 Å². The number of hydrogen-bond acceptors (Lipinski definition) is 2. The summed E-state index contributed by atoms with van der Waals surface area (Å²) >= 11 is 2.17. The Morgan fingerprint density at radius 2 is 1.12 bits per heavy atom. The smallest absolute Gasteiger partial charge is 0.335 e. The van der Waals surface area contributed by atoms with Crippen molar-refractivity contribution in [2.24, 2.45) is 0 Å². The molecule has 17 heavy (non-hydrogen) atoms. The standard InChI is InChI=1S/C8H6O4.CF3.Co/c9-7(10)5-1-2-6(4-3-5)8(11)12;2-1(3)4;/h1-4H,(H,9,10)(H,11,12);;. The topological polar surface area (TPSA) is 74.6 Å². The zero-order chi connectivity index (χ0) is 13.6. The molecule has 0 unspecified atom stereocenters. The summed E-state index contributed by atoms with van der Waals surface area (Å²) in [6.07, 6.45) is 0. The van der Waals surface area contributed by atoms with Crippen molar-refractivity contribution in [2.75, 3.05) is 0 Å². The van der Waals surface area contributed by atoms with E-state index in [2.05, 4.69) is 15.7 Å². The van der Waals surface area contributed by atoms with Crippen LogP contribution in [-0.2, 0) is 15.7 Å². The molecule has 0 aromatic heterocycles. The van der Waals surface area contributed by atoms with Crippen molar-refractivity contribution in [3.8, 4) is 0 Å². The number of carbonyl (C=O) groups is 2. The predicted octanol–water partition coefficient (Wildman–Crippen LogP) is 2.14. The Labute approximate surface area is 102 Å². The molecular formula is C9H6CoF3O4. The molecule has 0 bridgehead atoms. The van der Waals surface area contributed by atoms with Gasteiger partial charge in [-0.1, -0.05) is 0 Å². The first-order valence-electron chi connectivity index (χ1n) is 3.91. The van der Waals surface area contributed by atoms with Crippen LogP contribution in [0.15, 0.2) is 24.3 Å². The molecule has 0 aliphatic rings. The second-order valence-electron chi connectivity index (χ2n) is 2.59. The zero-order valence-corrected chi connectivity index (χ0v) is 9.03. The molecule has 96 valence electrons. The molecule has 0 atom stereocenters. The van der Waals surface area contributed by atoms with E-state index in [9.17, 15) is 22.8 Å². The van der Waals surface area contributed by atoms with E-state index in [-0.39, 0.29) is 11.1 Å². The summed E-state index contributed by atoms with van der Waals surface area (Å²) in [4.78, 5) is 20.7. The van der Waals surface area contributed by atoms with Crippen LogP contribution >= 0.6 is 0 Å². The van der Waals surface area contributed by atoms with Gasteiger partial charge in [-0.15, -0.1) is 0 Å². The van der Waals surface area contributed by atoms with Crippen LogP contribution in [-0.4, -0.2) is 27.3 Å². The van der Waals surface area contributed by atoms with E-state index < -0.39 is 17.0 Å². The Morgan fingerprint density at radius 3 is 1.24 bits per heavy atom. The fourth-order valence-corrected chi connectivity index (χ4v) is 0.755. The van der Waals surface area contributed by atoms with E-state index in [1.165, 1.54) is 24.3 Å². The number of benzene rings is 1. The van der Waals surface area contributed by atoms with E-state index in [0.717, 1.165) is 0 Å². The van der Waals surface area contributed by atoms with Crippen molar-refractivity contribution in [1.29, 1.82) is 0 Å². The third-order valence-electron chi connectivity index (χ3n) is 1.38. The SMILES string of the molecule is F[C](F)(F)[Co].O=C(O)c1ccc(C(=O)O)cc1. The summed E-state index contributed by atoms with van der Waals surface area (Å²) in [5, 5.41) is 12.6. The number of hydrogen-bond donors (Lipinski definition) is 2. The van der Waals surface area contributed by atoms with Crippen molar-refractivity contribution in [1.82, 2.24) is 0 Å². The summed E-state index contributed by atoms with van der Waals surface area (Å²) < 4.78 is 30.6. The Hall–Kier alpha value is -1.54. The molecule has 8 heteroatoms. The number of alkyl halides is 3. The second kappa shape index (κ2) is 6.26.